The summed E-state index contributed by atoms with van der Waals surface area (Å²) in [6.45, 7) is 1.92. The Morgan fingerprint density at radius 2 is 1.83 bits per heavy atom. The largest absolute Gasteiger partial charge is 0.398 e. The number of aromatic nitrogens is 4. The molecule has 0 saturated heterocycles. The molecule has 4 aromatic rings. The molecule has 2 heterocycles. The van der Waals surface area contributed by atoms with Gasteiger partial charge < -0.3 is 11.1 Å². The quantitative estimate of drug-likeness (QED) is 0.365. The number of nitrogens with two attached hydrogens (primary N) is 1. The summed E-state index contributed by atoms with van der Waals surface area (Å²) in [7, 11) is 0. The van der Waals surface area contributed by atoms with Gasteiger partial charge >= 0.3 is 0 Å². The van der Waals surface area contributed by atoms with Gasteiger partial charge in [-0.15, -0.1) is 10.2 Å². The number of carbonyl (C=O) groups excluding carboxylic acids is 1. The fourth-order valence-corrected chi connectivity index (χ4v) is 3.66. The average molecular weight is 417 g/mol. The van der Waals surface area contributed by atoms with Crippen LogP contribution in [0.2, 0.25) is 0 Å². The van der Waals surface area contributed by atoms with Gasteiger partial charge in [-0.25, -0.2) is 0 Å². The molecular formula is C22H20N6OS. The van der Waals surface area contributed by atoms with Crippen molar-refractivity contribution in [1.29, 1.82) is 0 Å². The Balaban J connectivity index is 1.56. The topological polar surface area (TPSA) is 98.7 Å². The Labute approximate surface area is 178 Å². The molecule has 150 valence electrons. The summed E-state index contributed by atoms with van der Waals surface area (Å²) < 4.78 is 1.94. The van der Waals surface area contributed by atoms with Crippen molar-refractivity contribution in [2.75, 3.05) is 16.8 Å². The SMILES string of the molecule is Cc1ccc(NC(=O)CSc2nnc(-c3ccncc3)n2-c2ccccc2)cc1N. The molecule has 0 radical (unpaired) electrons. The molecule has 0 bridgehead atoms. The Hall–Kier alpha value is -3.65. The monoisotopic (exact) mass is 416 g/mol. The standard InChI is InChI=1S/C22H20N6OS/c1-15-7-8-17(13-19(15)23)25-20(29)14-30-22-27-26-21(16-9-11-24-12-10-16)28(22)18-5-3-2-4-6-18/h2-13H,14,23H2,1H3,(H,25,29). The maximum atomic E-state index is 12.5. The lowest BCUT2D eigenvalue weighted by molar-refractivity contribution is -0.113. The van der Waals surface area contributed by atoms with E-state index in [0.717, 1.165) is 16.8 Å². The van der Waals surface area contributed by atoms with Crippen molar-refractivity contribution in [2.45, 2.75) is 12.1 Å². The molecule has 0 spiro atoms. The fourth-order valence-electron chi connectivity index (χ4n) is 2.91. The van der Waals surface area contributed by atoms with Gasteiger partial charge in [-0.3, -0.25) is 14.3 Å². The van der Waals surface area contributed by atoms with Crippen LogP contribution < -0.4 is 11.1 Å². The van der Waals surface area contributed by atoms with E-state index in [-0.39, 0.29) is 11.7 Å². The molecule has 3 N–H and O–H groups in total. The summed E-state index contributed by atoms with van der Waals surface area (Å²) >= 11 is 1.32. The maximum Gasteiger partial charge on any atom is 0.234 e. The van der Waals surface area contributed by atoms with Crippen molar-refractivity contribution < 1.29 is 4.79 Å². The lowest BCUT2D eigenvalue weighted by atomic mass is 10.2. The van der Waals surface area contributed by atoms with Crippen LogP contribution in [0.1, 0.15) is 5.56 Å². The molecule has 1 amide bonds. The third-order valence-electron chi connectivity index (χ3n) is 4.48. The van der Waals surface area contributed by atoms with Gasteiger partial charge in [0.2, 0.25) is 5.91 Å². The number of para-hydroxylation sites is 1. The van der Waals surface area contributed by atoms with E-state index in [9.17, 15) is 4.79 Å². The number of amides is 1. The number of benzene rings is 2. The highest BCUT2D eigenvalue weighted by atomic mass is 32.2. The number of rotatable bonds is 6. The summed E-state index contributed by atoms with van der Waals surface area (Å²) in [4.78, 5) is 16.5. The van der Waals surface area contributed by atoms with Crippen LogP contribution >= 0.6 is 11.8 Å². The van der Waals surface area contributed by atoms with E-state index in [1.54, 1.807) is 18.5 Å². The van der Waals surface area contributed by atoms with Gasteiger partial charge in [0, 0.05) is 35.0 Å². The van der Waals surface area contributed by atoms with Gasteiger partial charge in [0.25, 0.3) is 0 Å². The molecule has 30 heavy (non-hydrogen) atoms. The summed E-state index contributed by atoms with van der Waals surface area (Å²) in [6.07, 6.45) is 3.43. The van der Waals surface area contributed by atoms with E-state index in [1.165, 1.54) is 11.8 Å². The first kappa shape index (κ1) is 19.7. The number of nitrogens with one attached hydrogen (secondary N) is 1. The number of carbonyl (C=O) groups is 1. The summed E-state index contributed by atoms with van der Waals surface area (Å²) in [5.74, 6) is 0.740. The molecule has 2 aromatic carbocycles. The predicted molar refractivity (Wildman–Crippen MR) is 120 cm³/mol. The molecular weight excluding hydrogens is 396 g/mol. The summed E-state index contributed by atoms with van der Waals surface area (Å²) in [5, 5.41) is 12.2. The van der Waals surface area contributed by atoms with Gasteiger partial charge in [-0.2, -0.15) is 0 Å². The molecule has 8 heteroatoms. The molecule has 0 aliphatic rings. The van der Waals surface area contributed by atoms with Crippen LogP contribution in [-0.4, -0.2) is 31.4 Å². The number of aryl methyl sites for hydroxylation is 1. The van der Waals surface area contributed by atoms with Crippen LogP contribution in [0.25, 0.3) is 17.1 Å². The van der Waals surface area contributed by atoms with E-state index in [2.05, 4.69) is 20.5 Å². The van der Waals surface area contributed by atoms with E-state index in [1.807, 2.05) is 66.1 Å². The second kappa shape index (κ2) is 8.79. The number of nitrogen functional groups attached to an aromatic ring is 1. The minimum absolute atomic E-state index is 0.142. The highest BCUT2D eigenvalue weighted by Gasteiger charge is 2.17. The number of hydrogen-bond donors (Lipinski definition) is 2. The normalized spacial score (nSPS) is 10.7. The van der Waals surface area contributed by atoms with Crippen LogP contribution in [0.5, 0.6) is 0 Å². The number of pyridine rings is 1. The van der Waals surface area contributed by atoms with Gasteiger partial charge in [0.1, 0.15) is 0 Å². The summed E-state index contributed by atoms with van der Waals surface area (Å²) in [6, 6.07) is 19.1. The van der Waals surface area contributed by atoms with E-state index in [4.69, 9.17) is 5.73 Å². The highest BCUT2D eigenvalue weighted by Crippen LogP contribution is 2.27. The number of anilines is 2. The second-order valence-corrected chi connectivity index (χ2v) is 7.56. The predicted octanol–water partition coefficient (Wildman–Crippen LogP) is 3.95. The van der Waals surface area contributed by atoms with Crippen molar-refractivity contribution >= 4 is 29.0 Å². The molecule has 4 rings (SSSR count). The van der Waals surface area contributed by atoms with Crippen LogP contribution in [-0.2, 0) is 4.79 Å². The van der Waals surface area contributed by atoms with Crippen LogP contribution in [0.3, 0.4) is 0 Å². The van der Waals surface area contributed by atoms with Gasteiger partial charge in [-0.05, 0) is 48.9 Å². The highest BCUT2D eigenvalue weighted by molar-refractivity contribution is 7.99. The molecule has 2 aromatic heterocycles. The number of nitrogens with zero attached hydrogens (tertiary/aromatic N) is 4. The molecule has 0 atom stereocenters. The van der Waals surface area contributed by atoms with Crippen molar-refractivity contribution in [3.05, 3.63) is 78.6 Å². The number of hydrogen-bond acceptors (Lipinski definition) is 6. The van der Waals surface area contributed by atoms with Crippen LogP contribution in [0.4, 0.5) is 11.4 Å². The van der Waals surface area contributed by atoms with Gasteiger partial charge in [0.05, 0.1) is 5.75 Å². The first-order valence-corrected chi connectivity index (χ1v) is 10.3. The van der Waals surface area contributed by atoms with Crippen molar-refractivity contribution in [3.63, 3.8) is 0 Å². The van der Waals surface area contributed by atoms with E-state index < -0.39 is 0 Å². The molecule has 0 saturated carbocycles. The Bertz CT molecular complexity index is 1160. The molecule has 0 aliphatic heterocycles. The second-order valence-electron chi connectivity index (χ2n) is 6.62. The van der Waals surface area contributed by atoms with Crippen molar-refractivity contribution in [1.82, 2.24) is 19.7 Å². The Morgan fingerprint density at radius 3 is 2.57 bits per heavy atom. The zero-order chi connectivity index (χ0) is 20.9. The average Bonchev–Trinajstić information content (AvgIpc) is 3.20. The van der Waals surface area contributed by atoms with E-state index in [0.29, 0.717) is 22.4 Å². The third kappa shape index (κ3) is 4.33. The van der Waals surface area contributed by atoms with Crippen LogP contribution in [0, 0.1) is 6.92 Å². The maximum absolute atomic E-state index is 12.5. The number of thioether (sulfide) groups is 1. The van der Waals surface area contributed by atoms with Gasteiger partial charge in [-0.1, -0.05) is 36.0 Å². The molecule has 0 fully saturated rings. The molecule has 7 nitrogen and oxygen atoms in total. The molecule has 0 aliphatic carbocycles. The van der Waals surface area contributed by atoms with Crippen molar-refractivity contribution in [3.8, 4) is 17.1 Å². The minimum Gasteiger partial charge on any atom is -0.398 e. The first-order valence-electron chi connectivity index (χ1n) is 9.32. The third-order valence-corrected chi connectivity index (χ3v) is 5.41. The summed E-state index contributed by atoms with van der Waals surface area (Å²) in [5.41, 5.74) is 10.0. The zero-order valence-corrected chi connectivity index (χ0v) is 17.1. The lowest BCUT2D eigenvalue weighted by Crippen LogP contribution is -2.14. The van der Waals surface area contributed by atoms with Gasteiger partial charge in [0.15, 0.2) is 11.0 Å². The first-order chi connectivity index (χ1) is 14.6. The Morgan fingerprint density at radius 1 is 1.07 bits per heavy atom. The lowest BCUT2D eigenvalue weighted by Gasteiger charge is -2.10. The zero-order valence-electron chi connectivity index (χ0n) is 16.3. The fraction of sp³-hybridized carbons (Fsp3) is 0.0909. The van der Waals surface area contributed by atoms with E-state index >= 15 is 0 Å². The minimum atomic E-state index is -0.142. The van der Waals surface area contributed by atoms with Crippen molar-refractivity contribution in [2.24, 2.45) is 0 Å². The molecule has 0 unspecified atom stereocenters. The van der Waals surface area contributed by atoms with Crippen LogP contribution in [0.15, 0.2) is 78.2 Å². The Kier molecular flexibility index (Phi) is 5.76. The smallest absolute Gasteiger partial charge is 0.234 e.